The maximum absolute atomic E-state index is 6.06. The van der Waals surface area contributed by atoms with E-state index in [9.17, 15) is 0 Å². The summed E-state index contributed by atoms with van der Waals surface area (Å²) in [5, 5.41) is 0. The Morgan fingerprint density at radius 3 is 2.37 bits per heavy atom. The van der Waals surface area contributed by atoms with Crippen LogP contribution in [0.2, 0.25) is 0 Å². The van der Waals surface area contributed by atoms with E-state index in [-0.39, 0.29) is 12.1 Å². The summed E-state index contributed by atoms with van der Waals surface area (Å²) in [6, 6.07) is 16.0. The first-order valence-corrected chi connectivity index (χ1v) is 7.10. The third-order valence-corrected chi connectivity index (χ3v) is 3.46. The van der Waals surface area contributed by atoms with Crippen LogP contribution in [0.5, 0.6) is 5.75 Å². The molecule has 0 bridgehead atoms. The zero-order valence-corrected chi connectivity index (χ0v) is 12.7. The monoisotopic (exact) mass is 319 g/mol. The maximum atomic E-state index is 6.06. The summed E-state index contributed by atoms with van der Waals surface area (Å²) in [4.78, 5) is 0. The van der Waals surface area contributed by atoms with Crippen LogP contribution in [0.15, 0.2) is 53.0 Å². The molecule has 0 radical (unpaired) electrons. The molecule has 2 N–H and O–H groups in total. The molecule has 0 aliphatic rings. The molecule has 19 heavy (non-hydrogen) atoms. The molecular weight excluding hydrogens is 302 g/mol. The lowest BCUT2D eigenvalue weighted by Gasteiger charge is -2.23. The van der Waals surface area contributed by atoms with E-state index in [0.717, 1.165) is 15.8 Å². The number of rotatable bonds is 4. The molecule has 2 aromatic rings. The Kier molecular flexibility index (Phi) is 4.61. The summed E-state index contributed by atoms with van der Waals surface area (Å²) >= 11 is 3.44. The van der Waals surface area contributed by atoms with Crippen LogP contribution in [0.4, 0.5) is 0 Å². The Morgan fingerprint density at radius 1 is 1.11 bits per heavy atom. The highest BCUT2D eigenvalue weighted by Crippen LogP contribution is 2.25. The van der Waals surface area contributed by atoms with Crippen molar-refractivity contribution >= 4 is 15.9 Å². The lowest BCUT2D eigenvalue weighted by atomic mass is 10.0. The van der Waals surface area contributed by atoms with E-state index in [1.165, 1.54) is 5.56 Å². The van der Waals surface area contributed by atoms with Crippen molar-refractivity contribution in [3.63, 3.8) is 0 Å². The average Bonchev–Trinajstić information content (AvgIpc) is 2.37. The van der Waals surface area contributed by atoms with E-state index in [1.807, 2.05) is 62.4 Å². The number of aryl methyl sites for hydroxylation is 1. The van der Waals surface area contributed by atoms with Crippen molar-refractivity contribution in [3.05, 3.63) is 64.1 Å². The van der Waals surface area contributed by atoms with Crippen molar-refractivity contribution in [1.29, 1.82) is 0 Å². The first-order valence-electron chi connectivity index (χ1n) is 6.30. The third kappa shape index (κ3) is 3.82. The maximum Gasteiger partial charge on any atom is 0.138 e. The predicted octanol–water partition coefficient (Wildman–Crippen LogP) is 4.22. The number of halogens is 1. The highest BCUT2D eigenvalue weighted by atomic mass is 79.9. The Labute approximate surface area is 122 Å². The fourth-order valence-corrected chi connectivity index (χ4v) is 2.23. The average molecular weight is 320 g/mol. The Morgan fingerprint density at radius 2 is 1.79 bits per heavy atom. The van der Waals surface area contributed by atoms with Gasteiger partial charge in [-0.2, -0.15) is 0 Å². The zero-order chi connectivity index (χ0) is 13.8. The largest absolute Gasteiger partial charge is 0.484 e. The quantitative estimate of drug-likeness (QED) is 0.915. The molecule has 2 atom stereocenters. The summed E-state index contributed by atoms with van der Waals surface area (Å²) in [6.45, 7) is 4.01. The van der Waals surface area contributed by atoms with E-state index in [1.54, 1.807) is 0 Å². The third-order valence-electron chi connectivity index (χ3n) is 2.93. The van der Waals surface area contributed by atoms with E-state index >= 15 is 0 Å². The van der Waals surface area contributed by atoms with Crippen molar-refractivity contribution in [2.24, 2.45) is 5.73 Å². The van der Waals surface area contributed by atoms with Crippen molar-refractivity contribution in [1.82, 2.24) is 0 Å². The van der Waals surface area contributed by atoms with E-state index in [2.05, 4.69) is 15.9 Å². The van der Waals surface area contributed by atoms with Gasteiger partial charge in [-0.25, -0.2) is 0 Å². The van der Waals surface area contributed by atoms with Crippen LogP contribution in [0.25, 0.3) is 0 Å². The topological polar surface area (TPSA) is 35.2 Å². The van der Waals surface area contributed by atoms with Crippen LogP contribution in [0.1, 0.15) is 24.2 Å². The standard InChI is InChI=1S/C16H18BrNO/c1-11-4-3-5-15(10-11)19-16(12(2)18)13-6-8-14(17)9-7-13/h3-10,12,16H,18H2,1-2H3. The molecule has 3 heteroatoms. The first-order chi connectivity index (χ1) is 9.06. The van der Waals surface area contributed by atoms with Gasteiger partial charge in [0.05, 0.1) is 0 Å². The number of ether oxygens (including phenoxy) is 1. The van der Waals surface area contributed by atoms with E-state index in [0.29, 0.717) is 0 Å². The number of hydrogen-bond acceptors (Lipinski definition) is 2. The lowest BCUT2D eigenvalue weighted by Crippen LogP contribution is -2.29. The highest BCUT2D eigenvalue weighted by molar-refractivity contribution is 9.10. The Bertz CT molecular complexity index is 537. The minimum atomic E-state index is -0.144. The molecule has 2 unspecified atom stereocenters. The van der Waals surface area contributed by atoms with E-state index < -0.39 is 0 Å². The van der Waals surface area contributed by atoms with Gasteiger partial charge in [0.2, 0.25) is 0 Å². The van der Waals surface area contributed by atoms with Gasteiger partial charge in [-0.1, -0.05) is 40.2 Å². The molecule has 0 spiro atoms. The SMILES string of the molecule is Cc1cccc(OC(c2ccc(Br)cc2)C(C)N)c1. The van der Waals surface area contributed by atoms with Crippen LogP contribution in [0, 0.1) is 6.92 Å². The molecule has 0 aliphatic heterocycles. The number of nitrogens with two attached hydrogens (primary N) is 1. The summed E-state index contributed by atoms with van der Waals surface area (Å²) in [6.07, 6.45) is -0.144. The Hall–Kier alpha value is -1.32. The second kappa shape index (κ2) is 6.22. The fraction of sp³-hybridized carbons (Fsp3) is 0.250. The summed E-state index contributed by atoms with van der Waals surface area (Å²) in [7, 11) is 0. The van der Waals surface area contributed by atoms with Gasteiger partial charge < -0.3 is 10.5 Å². The molecular formula is C16H18BrNO. The van der Waals surface area contributed by atoms with Crippen LogP contribution in [0.3, 0.4) is 0 Å². The van der Waals surface area contributed by atoms with Crippen LogP contribution in [-0.4, -0.2) is 6.04 Å². The van der Waals surface area contributed by atoms with Crippen LogP contribution in [-0.2, 0) is 0 Å². The normalized spacial score (nSPS) is 13.9. The number of benzene rings is 2. The van der Waals surface area contributed by atoms with Crippen molar-refractivity contribution < 1.29 is 4.74 Å². The lowest BCUT2D eigenvalue weighted by molar-refractivity contribution is 0.180. The van der Waals surface area contributed by atoms with Crippen LogP contribution < -0.4 is 10.5 Å². The highest BCUT2D eigenvalue weighted by Gasteiger charge is 2.18. The van der Waals surface area contributed by atoms with Crippen molar-refractivity contribution in [3.8, 4) is 5.75 Å². The van der Waals surface area contributed by atoms with E-state index in [4.69, 9.17) is 10.5 Å². The van der Waals surface area contributed by atoms with Gasteiger partial charge in [-0.05, 0) is 49.2 Å². The van der Waals surface area contributed by atoms with Gasteiger partial charge in [-0.3, -0.25) is 0 Å². The summed E-state index contributed by atoms with van der Waals surface area (Å²) < 4.78 is 7.09. The molecule has 0 aromatic heterocycles. The molecule has 0 saturated carbocycles. The molecule has 0 fully saturated rings. The predicted molar refractivity (Wildman–Crippen MR) is 82.3 cm³/mol. The molecule has 2 aromatic carbocycles. The van der Waals surface area contributed by atoms with Gasteiger partial charge >= 0.3 is 0 Å². The second-order valence-corrected chi connectivity index (χ2v) is 5.68. The minimum Gasteiger partial charge on any atom is -0.484 e. The second-order valence-electron chi connectivity index (χ2n) is 4.77. The zero-order valence-electron chi connectivity index (χ0n) is 11.1. The van der Waals surface area contributed by atoms with Crippen LogP contribution >= 0.6 is 15.9 Å². The fourth-order valence-electron chi connectivity index (χ4n) is 1.97. The van der Waals surface area contributed by atoms with Crippen molar-refractivity contribution in [2.75, 3.05) is 0 Å². The summed E-state index contributed by atoms with van der Waals surface area (Å²) in [5.74, 6) is 0.852. The molecule has 0 amide bonds. The molecule has 2 rings (SSSR count). The Balaban J connectivity index is 2.23. The summed E-state index contributed by atoms with van der Waals surface area (Å²) in [5.41, 5.74) is 8.32. The molecule has 2 nitrogen and oxygen atoms in total. The van der Waals surface area contributed by atoms with Gasteiger partial charge in [0.1, 0.15) is 11.9 Å². The first kappa shape index (κ1) is 14.1. The van der Waals surface area contributed by atoms with Gasteiger partial charge in [0, 0.05) is 10.5 Å². The van der Waals surface area contributed by atoms with Gasteiger partial charge in [-0.15, -0.1) is 0 Å². The van der Waals surface area contributed by atoms with Gasteiger partial charge in [0.15, 0.2) is 0 Å². The van der Waals surface area contributed by atoms with Crippen molar-refractivity contribution in [2.45, 2.75) is 26.0 Å². The molecule has 100 valence electrons. The molecule has 0 heterocycles. The number of hydrogen-bond donors (Lipinski definition) is 1. The molecule has 0 aliphatic carbocycles. The van der Waals surface area contributed by atoms with Gasteiger partial charge in [0.25, 0.3) is 0 Å². The minimum absolute atomic E-state index is 0.0818. The smallest absolute Gasteiger partial charge is 0.138 e. The molecule has 0 saturated heterocycles.